The van der Waals surface area contributed by atoms with E-state index in [1.807, 2.05) is 6.92 Å². The van der Waals surface area contributed by atoms with Crippen molar-refractivity contribution in [3.63, 3.8) is 0 Å². The van der Waals surface area contributed by atoms with E-state index < -0.39 is 5.60 Å². The molecule has 18 heavy (non-hydrogen) atoms. The van der Waals surface area contributed by atoms with Gasteiger partial charge in [-0.3, -0.25) is 11.3 Å². The lowest BCUT2D eigenvalue weighted by atomic mass is 9.44. The van der Waals surface area contributed by atoms with Crippen LogP contribution in [0.5, 0.6) is 0 Å². The molecule has 4 N–H and O–H groups in total. The van der Waals surface area contributed by atoms with Crippen molar-refractivity contribution in [3.05, 3.63) is 12.2 Å². The smallest absolute Gasteiger partial charge is 0.104 e. The van der Waals surface area contributed by atoms with Crippen LogP contribution < -0.4 is 11.3 Å². The lowest BCUT2D eigenvalue weighted by Crippen LogP contribution is -2.62. The topological polar surface area (TPSA) is 58.3 Å². The van der Waals surface area contributed by atoms with Gasteiger partial charge in [0.15, 0.2) is 0 Å². The summed E-state index contributed by atoms with van der Waals surface area (Å²) in [5, 5.41) is 11.2. The van der Waals surface area contributed by atoms with Gasteiger partial charge in [0.25, 0.3) is 0 Å². The van der Waals surface area contributed by atoms with Gasteiger partial charge in [0.05, 0.1) is 0 Å². The van der Waals surface area contributed by atoms with Crippen molar-refractivity contribution in [2.24, 2.45) is 29.0 Å². The van der Waals surface area contributed by atoms with Gasteiger partial charge in [-0.2, -0.15) is 0 Å². The van der Waals surface area contributed by atoms with Crippen LogP contribution in [0.1, 0.15) is 45.4 Å². The molecule has 4 saturated carbocycles. The van der Waals surface area contributed by atoms with Crippen LogP contribution in [0.25, 0.3) is 0 Å². The number of nitrogens with two attached hydrogens (primary N) is 1. The molecule has 4 fully saturated rings. The van der Waals surface area contributed by atoms with Gasteiger partial charge in [-0.15, -0.1) is 0 Å². The van der Waals surface area contributed by atoms with Crippen molar-refractivity contribution < 1.29 is 5.11 Å². The monoisotopic (exact) mass is 250 g/mol. The molecule has 3 nitrogen and oxygen atoms in total. The van der Waals surface area contributed by atoms with Crippen LogP contribution in [0.4, 0.5) is 0 Å². The maximum atomic E-state index is 11.2. The van der Waals surface area contributed by atoms with Gasteiger partial charge in [-0.1, -0.05) is 6.58 Å². The lowest BCUT2D eigenvalue weighted by Gasteiger charge is -2.62. The lowest BCUT2D eigenvalue weighted by molar-refractivity contribution is -0.159. The average Bonchev–Trinajstić information content (AvgIpc) is 2.26. The molecule has 0 heterocycles. The molecule has 0 aromatic heterocycles. The molecule has 4 aliphatic rings. The molecule has 0 radical (unpaired) electrons. The second-order valence-electron chi connectivity index (χ2n) is 7.22. The predicted molar refractivity (Wildman–Crippen MR) is 72.6 cm³/mol. The van der Waals surface area contributed by atoms with Crippen LogP contribution in [0.15, 0.2) is 12.2 Å². The van der Waals surface area contributed by atoms with E-state index in [9.17, 15) is 5.11 Å². The van der Waals surface area contributed by atoms with E-state index in [0.29, 0.717) is 6.54 Å². The van der Waals surface area contributed by atoms with Gasteiger partial charge in [0.1, 0.15) is 5.60 Å². The van der Waals surface area contributed by atoms with Crippen molar-refractivity contribution >= 4 is 0 Å². The molecular weight excluding hydrogens is 224 g/mol. The number of hydrazine groups is 1. The van der Waals surface area contributed by atoms with Crippen molar-refractivity contribution in [2.75, 3.05) is 6.54 Å². The average molecular weight is 250 g/mol. The van der Waals surface area contributed by atoms with Crippen molar-refractivity contribution in [2.45, 2.75) is 51.0 Å². The molecule has 0 aliphatic heterocycles. The first-order chi connectivity index (χ1) is 8.49. The molecule has 1 unspecified atom stereocenters. The zero-order valence-electron chi connectivity index (χ0n) is 11.4. The number of nitrogens with one attached hydrogen (secondary N) is 1. The normalized spacial score (nSPS) is 44.9. The highest BCUT2D eigenvalue weighted by Gasteiger charge is 2.60. The summed E-state index contributed by atoms with van der Waals surface area (Å²) in [6, 6.07) is 0. The summed E-state index contributed by atoms with van der Waals surface area (Å²) in [7, 11) is 0. The van der Waals surface area contributed by atoms with E-state index in [0.717, 1.165) is 23.3 Å². The van der Waals surface area contributed by atoms with E-state index in [1.54, 1.807) is 0 Å². The number of rotatable bonds is 4. The first-order valence-electron chi connectivity index (χ1n) is 7.31. The van der Waals surface area contributed by atoms with Crippen molar-refractivity contribution in [1.82, 2.24) is 5.43 Å². The van der Waals surface area contributed by atoms with Crippen LogP contribution in [-0.4, -0.2) is 17.3 Å². The Labute approximate surface area is 110 Å². The maximum absolute atomic E-state index is 11.2. The van der Waals surface area contributed by atoms with Gasteiger partial charge in [0.2, 0.25) is 0 Å². The molecular formula is C15H26N2O. The highest BCUT2D eigenvalue weighted by molar-refractivity contribution is 5.22. The Morgan fingerprint density at radius 1 is 1.28 bits per heavy atom. The van der Waals surface area contributed by atoms with E-state index in [4.69, 9.17) is 5.84 Å². The summed E-state index contributed by atoms with van der Waals surface area (Å²) in [4.78, 5) is 0. The summed E-state index contributed by atoms with van der Waals surface area (Å²) in [5.41, 5.74) is 2.80. The molecule has 0 aromatic carbocycles. The molecule has 102 valence electrons. The third-order valence-electron chi connectivity index (χ3n) is 5.98. The molecule has 3 heteroatoms. The number of aliphatic hydroxyl groups is 1. The molecule has 4 aliphatic carbocycles. The third kappa shape index (κ3) is 1.60. The second-order valence-corrected chi connectivity index (χ2v) is 7.22. The summed E-state index contributed by atoms with van der Waals surface area (Å²) in [6.07, 6.45) is 7.68. The summed E-state index contributed by atoms with van der Waals surface area (Å²) in [5.74, 6) is 8.02. The Morgan fingerprint density at radius 3 is 2.06 bits per heavy atom. The second kappa shape index (κ2) is 4.06. The van der Waals surface area contributed by atoms with Gasteiger partial charge in [0, 0.05) is 12.0 Å². The minimum Gasteiger partial charge on any atom is -0.384 e. The Morgan fingerprint density at radius 2 is 1.72 bits per heavy atom. The Kier molecular flexibility index (Phi) is 2.85. The van der Waals surface area contributed by atoms with Crippen LogP contribution in [0.3, 0.4) is 0 Å². The van der Waals surface area contributed by atoms with Gasteiger partial charge < -0.3 is 5.11 Å². The van der Waals surface area contributed by atoms with Crippen LogP contribution >= 0.6 is 0 Å². The molecule has 1 atom stereocenters. The van der Waals surface area contributed by atoms with Gasteiger partial charge >= 0.3 is 0 Å². The van der Waals surface area contributed by atoms with E-state index in [2.05, 4.69) is 12.0 Å². The Balaban J connectivity index is 1.96. The molecule has 0 aromatic rings. The minimum absolute atomic E-state index is 0.0416. The quantitative estimate of drug-likeness (QED) is 0.406. The van der Waals surface area contributed by atoms with Crippen LogP contribution in [0, 0.1) is 23.2 Å². The molecule has 0 spiro atoms. The van der Waals surface area contributed by atoms with Gasteiger partial charge in [-0.05, 0) is 68.8 Å². The zero-order chi connectivity index (χ0) is 13.0. The fraction of sp³-hybridized carbons (Fsp3) is 0.867. The predicted octanol–water partition coefficient (Wildman–Crippen LogP) is 1.97. The van der Waals surface area contributed by atoms with E-state index in [-0.39, 0.29) is 5.41 Å². The Bertz CT molecular complexity index is 330. The standard InChI is InChI=1S/C15H26N2O/c1-10(2)15(18,9-17-16)14-6-11-3-12(7-14)5-13(4-11)8-14/h11-13,17-18H,1,3-9,16H2,2H3. The van der Waals surface area contributed by atoms with Crippen LogP contribution in [-0.2, 0) is 0 Å². The maximum Gasteiger partial charge on any atom is 0.104 e. The molecule has 4 bridgehead atoms. The Hall–Kier alpha value is -0.380. The summed E-state index contributed by atoms with van der Waals surface area (Å²) in [6.45, 7) is 6.45. The summed E-state index contributed by atoms with van der Waals surface area (Å²) >= 11 is 0. The minimum atomic E-state index is -0.822. The first-order valence-corrected chi connectivity index (χ1v) is 7.31. The highest BCUT2D eigenvalue weighted by atomic mass is 16.3. The molecule has 0 amide bonds. The highest BCUT2D eigenvalue weighted by Crippen LogP contribution is 2.64. The SMILES string of the molecule is C=C(C)C(O)(CNN)C12CC3CC(CC(C3)C1)C2. The number of hydrogen-bond acceptors (Lipinski definition) is 3. The fourth-order valence-corrected chi connectivity index (χ4v) is 5.56. The van der Waals surface area contributed by atoms with E-state index >= 15 is 0 Å². The summed E-state index contributed by atoms with van der Waals surface area (Å²) < 4.78 is 0. The third-order valence-corrected chi connectivity index (χ3v) is 5.98. The number of hydrogen-bond donors (Lipinski definition) is 3. The largest absolute Gasteiger partial charge is 0.384 e. The fourth-order valence-electron chi connectivity index (χ4n) is 5.56. The van der Waals surface area contributed by atoms with Crippen molar-refractivity contribution in [1.29, 1.82) is 0 Å². The molecule has 0 saturated heterocycles. The zero-order valence-corrected chi connectivity index (χ0v) is 11.4. The van der Waals surface area contributed by atoms with Gasteiger partial charge in [-0.25, -0.2) is 0 Å². The molecule has 4 rings (SSSR count). The van der Waals surface area contributed by atoms with E-state index in [1.165, 1.54) is 38.5 Å². The first kappa shape index (κ1) is 12.6. The van der Waals surface area contributed by atoms with Crippen LogP contribution in [0.2, 0.25) is 0 Å². The van der Waals surface area contributed by atoms with Crippen molar-refractivity contribution in [3.8, 4) is 0 Å².